The van der Waals surface area contributed by atoms with Crippen LogP contribution in [0.2, 0.25) is 5.02 Å². The Hall–Kier alpha value is -3.16. The van der Waals surface area contributed by atoms with E-state index >= 15 is 0 Å². The molecule has 0 radical (unpaired) electrons. The Kier molecular flexibility index (Phi) is 6.54. The molecule has 2 N–H and O–H groups in total. The zero-order valence-electron chi connectivity index (χ0n) is 16.9. The quantitative estimate of drug-likeness (QED) is 0.661. The van der Waals surface area contributed by atoms with Gasteiger partial charge in [-0.2, -0.15) is 0 Å². The number of hydrogen-bond donors (Lipinski definition) is 2. The van der Waals surface area contributed by atoms with Crippen molar-refractivity contribution < 1.29 is 19.1 Å². The van der Waals surface area contributed by atoms with Gasteiger partial charge in [-0.25, -0.2) is 0 Å². The number of aryl methyl sites for hydroxylation is 1. The molecule has 7 nitrogen and oxygen atoms in total. The first-order valence-corrected chi connectivity index (χ1v) is 9.70. The first-order chi connectivity index (χ1) is 14.3. The Labute approximate surface area is 179 Å². The van der Waals surface area contributed by atoms with Crippen molar-refractivity contribution in [3.05, 3.63) is 64.3 Å². The summed E-state index contributed by atoms with van der Waals surface area (Å²) in [6.07, 6.45) is 0. The molecule has 1 aliphatic rings. The van der Waals surface area contributed by atoms with E-state index in [0.717, 1.165) is 10.5 Å². The first kappa shape index (κ1) is 21.5. The van der Waals surface area contributed by atoms with Gasteiger partial charge in [0.1, 0.15) is 5.70 Å². The van der Waals surface area contributed by atoms with Crippen molar-refractivity contribution in [2.45, 2.75) is 13.8 Å². The highest BCUT2D eigenvalue weighted by Crippen LogP contribution is 2.32. The number of nitrogens with one attached hydrogen (secondary N) is 2. The molecule has 0 saturated carbocycles. The van der Waals surface area contributed by atoms with Crippen molar-refractivity contribution in [1.82, 2.24) is 4.90 Å². The van der Waals surface area contributed by atoms with E-state index in [4.69, 9.17) is 16.3 Å². The summed E-state index contributed by atoms with van der Waals surface area (Å²) in [6, 6.07) is 12.0. The number of carbonyl (C=O) groups excluding carboxylic acids is 3. The molecule has 30 heavy (non-hydrogen) atoms. The van der Waals surface area contributed by atoms with Gasteiger partial charge in [0.15, 0.2) is 0 Å². The lowest BCUT2D eigenvalue weighted by Gasteiger charge is -2.15. The molecule has 0 aromatic heterocycles. The molecule has 156 valence electrons. The summed E-state index contributed by atoms with van der Waals surface area (Å²) < 4.78 is 5.04. The lowest BCUT2D eigenvalue weighted by molar-refractivity contribution is -0.137. The SMILES string of the molecule is COCCN1C(=O)C(Nc2ccc(Cl)cc2C)=C(c2ccc(NC(C)=O)cc2)C1=O. The number of methoxy groups -OCH3 is 1. The molecular formula is C22H22ClN3O4. The average molecular weight is 428 g/mol. The molecule has 0 unspecified atom stereocenters. The minimum Gasteiger partial charge on any atom is -0.383 e. The molecule has 8 heteroatoms. The van der Waals surface area contributed by atoms with Crippen LogP contribution in [-0.4, -0.2) is 42.9 Å². The molecule has 0 spiro atoms. The lowest BCUT2D eigenvalue weighted by atomic mass is 10.0. The molecule has 0 atom stereocenters. The summed E-state index contributed by atoms with van der Waals surface area (Å²) in [7, 11) is 1.51. The van der Waals surface area contributed by atoms with Crippen molar-refractivity contribution in [3.8, 4) is 0 Å². The van der Waals surface area contributed by atoms with Gasteiger partial charge in [0.05, 0.1) is 18.7 Å². The fourth-order valence-corrected chi connectivity index (χ4v) is 3.40. The fraction of sp³-hybridized carbons (Fsp3) is 0.227. The van der Waals surface area contributed by atoms with Crippen LogP contribution in [0.4, 0.5) is 11.4 Å². The number of rotatable bonds is 7. The maximum absolute atomic E-state index is 13.1. The average Bonchev–Trinajstić information content (AvgIpc) is 2.92. The minimum atomic E-state index is -0.424. The normalized spacial score (nSPS) is 13.8. The molecule has 0 saturated heterocycles. The zero-order valence-corrected chi connectivity index (χ0v) is 17.7. The maximum atomic E-state index is 13.1. The molecule has 2 aromatic carbocycles. The second-order valence-corrected chi connectivity index (χ2v) is 7.28. The van der Waals surface area contributed by atoms with E-state index in [-0.39, 0.29) is 30.3 Å². The molecule has 2 aromatic rings. The van der Waals surface area contributed by atoms with Crippen LogP contribution in [-0.2, 0) is 19.1 Å². The number of nitrogens with zero attached hydrogens (tertiary/aromatic N) is 1. The van der Waals surface area contributed by atoms with E-state index in [1.807, 2.05) is 6.92 Å². The van der Waals surface area contributed by atoms with Gasteiger partial charge in [-0.05, 0) is 48.4 Å². The summed E-state index contributed by atoms with van der Waals surface area (Å²) in [6.45, 7) is 3.66. The second-order valence-electron chi connectivity index (χ2n) is 6.85. The number of halogens is 1. The van der Waals surface area contributed by atoms with Gasteiger partial charge in [-0.3, -0.25) is 19.3 Å². The summed E-state index contributed by atoms with van der Waals surface area (Å²) >= 11 is 6.03. The maximum Gasteiger partial charge on any atom is 0.278 e. The van der Waals surface area contributed by atoms with E-state index < -0.39 is 11.8 Å². The Bertz CT molecular complexity index is 1030. The van der Waals surface area contributed by atoms with Crippen molar-refractivity contribution in [3.63, 3.8) is 0 Å². The van der Waals surface area contributed by atoms with E-state index in [1.54, 1.807) is 42.5 Å². The molecular weight excluding hydrogens is 406 g/mol. The molecule has 0 bridgehead atoms. The summed E-state index contributed by atoms with van der Waals surface area (Å²) in [4.78, 5) is 38.5. The number of benzene rings is 2. The molecule has 3 rings (SSSR count). The Balaban J connectivity index is 2.02. The minimum absolute atomic E-state index is 0.145. The van der Waals surface area contributed by atoms with Crippen LogP contribution in [0.5, 0.6) is 0 Å². The van der Waals surface area contributed by atoms with Crippen LogP contribution < -0.4 is 10.6 Å². The number of hydrogen-bond acceptors (Lipinski definition) is 5. The zero-order chi connectivity index (χ0) is 21.8. The van der Waals surface area contributed by atoms with Crippen LogP contribution in [0.3, 0.4) is 0 Å². The number of ether oxygens (including phenoxy) is 1. The third-order valence-electron chi connectivity index (χ3n) is 4.63. The third kappa shape index (κ3) is 4.53. The first-order valence-electron chi connectivity index (χ1n) is 9.32. The van der Waals surface area contributed by atoms with E-state index in [0.29, 0.717) is 22.0 Å². The topological polar surface area (TPSA) is 87.7 Å². The smallest absolute Gasteiger partial charge is 0.278 e. The summed E-state index contributed by atoms with van der Waals surface area (Å²) in [5.74, 6) is -1.02. The molecule has 3 amide bonds. The fourth-order valence-electron chi connectivity index (χ4n) is 3.17. The van der Waals surface area contributed by atoms with Gasteiger partial charge in [-0.15, -0.1) is 0 Å². The number of imide groups is 1. The van der Waals surface area contributed by atoms with Gasteiger partial charge in [0, 0.05) is 30.4 Å². The highest BCUT2D eigenvalue weighted by Gasteiger charge is 2.39. The lowest BCUT2D eigenvalue weighted by Crippen LogP contribution is -2.35. The summed E-state index contributed by atoms with van der Waals surface area (Å²) in [5.41, 5.74) is 3.13. The van der Waals surface area contributed by atoms with Gasteiger partial charge in [0.2, 0.25) is 5.91 Å². The molecule has 1 heterocycles. The molecule has 0 fully saturated rings. The third-order valence-corrected chi connectivity index (χ3v) is 4.86. The highest BCUT2D eigenvalue weighted by molar-refractivity contribution is 6.36. The van der Waals surface area contributed by atoms with Gasteiger partial charge in [0.25, 0.3) is 11.8 Å². The second kappa shape index (κ2) is 9.11. The van der Waals surface area contributed by atoms with Crippen LogP contribution in [0.15, 0.2) is 48.2 Å². The van der Waals surface area contributed by atoms with Crippen molar-refractivity contribution in [2.24, 2.45) is 0 Å². The Morgan fingerprint density at radius 1 is 1.10 bits per heavy atom. The monoisotopic (exact) mass is 427 g/mol. The largest absolute Gasteiger partial charge is 0.383 e. The number of amides is 3. The highest BCUT2D eigenvalue weighted by atomic mass is 35.5. The standard InChI is InChI=1S/C22H22ClN3O4/c1-13-12-16(23)6-9-18(13)25-20-19(21(28)26(22(20)29)10-11-30-3)15-4-7-17(8-5-15)24-14(2)27/h4-9,12,25H,10-11H2,1-3H3,(H,24,27). The predicted octanol–water partition coefficient (Wildman–Crippen LogP) is 3.45. The van der Waals surface area contributed by atoms with E-state index in [9.17, 15) is 14.4 Å². The summed E-state index contributed by atoms with van der Waals surface area (Å²) in [5, 5.41) is 6.38. The molecule has 1 aliphatic heterocycles. The van der Waals surface area contributed by atoms with E-state index in [1.165, 1.54) is 14.0 Å². The Morgan fingerprint density at radius 2 is 1.80 bits per heavy atom. The predicted molar refractivity (Wildman–Crippen MR) is 116 cm³/mol. The van der Waals surface area contributed by atoms with Gasteiger partial charge >= 0.3 is 0 Å². The molecule has 0 aliphatic carbocycles. The van der Waals surface area contributed by atoms with Crippen molar-refractivity contribution in [2.75, 3.05) is 30.9 Å². The Morgan fingerprint density at radius 3 is 2.40 bits per heavy atom. The van der Waals surface area contributed by atoms with Gasteiger partial charge in [-0.1, -0.05) is 23.7 Å². The van der Waals surface area contributed by atoms with Crippen molar-refractivity contribution >= 4 is 46.3 Å². The van der Waals surface area contributed by atoms with Crippen LogP contribution >= 0.6 is 11.6 Å². The van der Waals surface area contributed by atoms with Crippen LogP contribution in [0, 0.1) is 6.92 Å². The number of anilines is 2. The van der Waals surface area contributed by atoms with Crippen LogP contribution in [0.25, 0.3) is 5.57 Å². The van der Waals surface area contributed by atoms with Crippen molar-refractivity contribution in [1.29, 1.82) is 0 Å². The number of carbonyl (C=O) groups is 3. The van der Waals surface area contributed by atoms with Gasteiger partial charge < -0.3 is 15.4 Å². The van der Waals surface area contributed by atoms with Crippen LogP contribution in [0.1, 0.15) is 18.1 Å². The van der Waals surface area contributed by atoms with E-state index in [2.05, 4.69) is 10.6 Å².